The van der Waals surface area contributed by atoms with Gasteiger partial charge in [-0.15, -0.1) is 0 Å². The topological polar surface area (TPSA) is 122 Å². The predicted octanol–water partition coefficient (Wildman–Crippen LogP) is -0.726. The van der Waals surface area contributed by atoms with E-state index in [4.69, 9.17) is 5.11 Å². The van der Waals surface area contributed by atoms with Crippen LogP contribution in [0.25, 0.3) is 0 Å². The highest BCUT2D eigenvalue weighted by Gasteiger charge is 2.40. The second kappa shape index (κ2) is 3.26. The second-order valence-electron chi connectivity index (χ2n) is 3.18. The number of allylic oxidation sites excluding steroid dienone is 2. The Morgan fingerprint density at radius 2 is 2.25 bits per heavy atom. The fourth-order valence-electron chi connectivity index (χ4n) is 1.53. The van der Waals surface area contributed by atoms with E-state index in [0.717, 1.165) is 12.2 Å². The number of carbonyl (C=O) groups is 2. The summed E-state index contributed by atoms with van der Waals surface area (Å²) in [7, 11) is 0. The molecule has 0 aromatic rings. The van der Waals surface area contributed by atoms with E-state index in [-0.39, 0.29) is 11.3 Å². The lowest BCUT2D eigenvalue weighted by Gasteiger charge is -2.12. The third-order valence-electron chi connectivity index (χ3n) is 2.22. The summed E-state index contributed by atoms with van der Waals surface area (Å²) in [6, 6.07) is 0. The maximum absolute atomic E-state index is 11.3. The first kappa shape index (κ1) is 10.0. The van der Waals surface area contributed by atoms with Crippen molar-refractivity contribution in [2.75, 3.05) is 0 Å². The van der Waals surface area contributed by atoms with Gasteiger partial charge in [0.15, 0.2) is 0 Å². The van der Waals surface area contributed by atoms with E-state index < -0.39 is 28.4 Å². The van der Waals surface area contributed by atoms with Gasteiger partial charge in [-0.05, 0) is 0 Å². The van der Waals surface area contributed by atoms with Crippen molar-refractivity contribution in [3.8, 4) is 0 Å². The van der Waals surface area contributed by atoms with Crippen LogP contribution in [0.1, 0.15) is 0 Å². The van der Waals surface area contributed by atoms with E-state index >= 15 is 0 Å². The maximum atomic E-state index is 11.3. The molecule has 0 saturated carbocycles. The molecule has 2 rings (SSSR count). The molecule has 1 atom stereocenters. The lowest BCUT2D eigenvalue weighted by atomic mass is 9.89. The van der Waals surface area contributed by atoms with Gasteiger partial charge in [0.25, 0.3) is 11.6 Å². The van der Waals surface area contributed by atoms with Crippen LogP contribution in [0.3, 0.4) is 0 Å². The minimum atomic E-state index is -1.37. The van der Waals surface area contributed by atoms with Gasteiger partial charge in [-0.3, -0.25) is 14.9 Å². The lowest BCUT2D eigenvalue weighted by Crippen LogP contribution is -2.30. The average Bonchev–Trinajstić information content (AvgIpc) is 2.59. The zero-order valence-electron chi connectivity index (χ0n) is 7.71. The van der Waals surface area contributed by atoms with Gasteiger partial charge in [0, 0.05) is 12.2 Å². The summed E-state index contributed by atoms with van der Waals surface area (Å²) in [6.07, 6.45) is 1.95. The molecule has 0 fully saturated rings. The number of aliphatic carboxylic acids is 1. The standard InChI is InChI=1S/C8H5N3O5/c12-7-6-4(8(13)14)1-3(11(15)16)2-5(6)9-10-7/h1-2,6H,(H,10,12)(H,13,14). The highest BCUT2D eigenvalue weighted by atomic mass is 16.6. The Morgan fingerprint density at radius 1 is 1.56 bits per heavy atom. The van der Waals surface area contributed by atoms with Crippen LogP contribution in [0.15, 0.2) is 28.5 Å². The van der Waals surface area contributed by atoms with Crippen LogP contribution in [-0.2, 0) is 9.59 Å². The summed E-state index contributed by atoms with van der Waals surface area (Å²) in [4.78, 5) is 31.9. The Hall–Kier alpha value is -2.51. The van der Waals surface area contributed by atoms with Crippen molar-refractivity contribution in [1.82, 2.24) is 5.43 Å². The molecule has 0 spiro atoms. The van der Waals surface area contributed by atoms with Crippen molar-refractivity contribution >= 4 is 17.6 Å². The zero-order chi connectivity index (χ0) is 11.9. The van der Waals surface area contributed by atoms with E-state index in [2.05, 4.69) is 10.5 Å². The van der Waals surface area contributed by atoms with E-state index in [1.807, 2.05) is 0 Å². The molecule has 0 saturated heterocycles. The van der Waals surface area contributed by atoms with Gasteiger partial charge in [-0.1, -0.05) is 0 Å². The van der Waals surface area contributed by atoms with Crippen molar-refractivity contribution in [3.63, 3.8) is 0 Å². The molecule has 0 radical (unpaired) electrons. The van der Waals surface area contributed by atoms with Crippen LogP contribution in [0.2, 0.25) is 0 Å². The van der Waals surface area contributed by atoms with Crippen molar-refractivity contribution in [1.29, 1.82) is 0 Å². The van der Waals surface area contributed by atoms with E-state index in [1.165, 1.54) is 0 Å². The average molecular weight is 223 g/mol. The number of hydrazone groups is 1. The SMILES string of the molecule is O=C(O)C1=CC([N+](=O)[O-])=CC2=NNC(=O)C12. The molecule has 8 heteroatoms. The Labute approximate surface area is 88.1 Å². The monoisotopic (exact) mass is 223 g/mol. The molecule has 0 aromatic carbocycles. The number of rotatable bonds is 2. The molecule has 82 valence electrons. The van der Waals surface area contributed by atoms with Gasteiger partial charge in [0.2, 0.25) is 0 Å². The van der Waals surface area contributed by atoms with Crippen LogP contribution in [0.4, 0.5) is 0 Å². The summed E-state index contributed by atoms with van der Waals surface area (Å²) in [6.45, 7) is 0. The molecule has 1 heterocycles. The number of amides is 1. The summed E-state index contributed by atoms with van der Waals surface area (Å²) < 4.78 is 0. The zero-order valence-corrected chi connectivity index (χ0v) is 7.71. The Morgan fingerprint density at radius 3 is 2.81 bits per heavy atom. The van der Waals surface area contributed by atoms with Crippen LogP contribution < -0.4 is 5.43 Å². The minimum absolute atomic E-state index is 0.0524. The summed E-state index contributed by atoms with van der Waals surface area (Å²) in [5.41, 5.74) is 1.39. The molecule has 0 aromatic heterocycles. The maximum Gasteiger partial charge on any atom is 0.333 e. The third-order valence-corrected chi connectivity index (χ3v) is 2.22. The molecule has 0 bridgehead atoms. The lowest BCUT2D eigenvalue weighted by molar-refractivity contribution is -0.419. The first-order valence-electron chi connectivity index (χ1n) is 4.19. The summed E-state index contributed by atoms with van der Waals surface area (Å²) >= 11 is 0. The van der Waals surface area contributed by atoms with Gasteiger partial charge >= 0.3 is 5.97 Å². The normalized spacial score (nSPS) is 22.6. The predicted molar refractivity (Wildman–Crippen MR) is 49.9 cm³/mol. The number of nitrogens with one attached hydrogen (secondary N) is 1. The van der Waals surface area contributed by atoms with Crippen LogP contribution in [0.5, 0.6) is 0 Å². The third kappa shape index (κ3) is 1.36. The highest BCUT2D eigenvalue weighted by molar-refractivity contribution is 6.20. The van der Waals surface area contributed by atoms with E-state index in [9.17, 15) is 19.7 Å². The quantitative estimate of drug-likeness (QED) is 0.472. The summed E-state index contributed by atoms with van der Waals surface area (Å²) in [5, 5.41) is 22.9. The fourth-order valence-corrected chi connectivity index (χ4v) is 1.53. The first-order chi connectivity index (χ1) is 7.50. The van der Waals surface area contributed by atoms with Crippen molar-refractivity contribution in [2.45, 2.75) is 0 Å². The summed E-state index contributed by atoms with van der Waals surface area (Å²) in [5.74, 6) is -3.02. The van der Waals surface area contributed by atoms with Crippen LogP contribution in [-0.4, -0.2) is 27.6 Å². The first-order valence-corrected chi connectivity index (χ1v) is 4.19. The Bertz CT molecular complexity index is 502. The number of nitrogens with zero attached hydrogens (tertiary/aromatic N) is 2. The molecular formula is C8H5N3O5. The molecule has 2 aliphatic rings. The van der Waals surface area contributed by atoms with Crippen molar-refractivity contribution in [3.05, 3.63) is 33.5 Å². The molecular weight excluding hydrogens is 218 g/mol. The molecule has 1 unspecified atom stereocenters. The van der Waals surface area contributed by atoms with Crippen molar-refractivity contribution < 1.29 is 19.6 Å². The molecule has 8 nitrogen and oxygen atoms in total. The highest BCUT2D eigenvalue weighted by Crippen LogP contribution is 2.25. The largest absolute Gasteiger partial charge is 0.478 e. The number of hydrogen-bond acceptors (Lipinski definition) is 5. The molecule has 1 aliphatic heterocycles. The van der Waals surface area contributed by atoms with Gasteiger partial charge in [0.1, 0.15) is 5.92 Å². The van der Waals surface area contributed by atoms with Crippen LogP contribution in [0, 0.1) is 16.0 Å². The molecule has 2 N–H and O–H groups in total. The van der Waals surface area contributed by atoms with E-state index in [1.54, 1.807) is 0 Å². The fraction of sp³-hybridized carbons (Fsp3) is 0.125. The molecule has 1 aliphatic carbocycles. The molecule has 16 heavy (non-hydrogen) atoms. The van der Waals surface area contributed by atoms with Gasteiger partial charge in [-0.2, -0.15) is 5.10 Å². The number of fused-ring (bicyclic) bond motifs is 1. The second-order valence-corrected chi connectivity index (χ2v) is 3.18. The van der Waals surface area contributed by atoms with Crippen LogP contribution >= 0.6 is 0 Å². The Balaban J connectivity index is 2.52. The number of carboxylic acid groups (broad SMARTS) is 1. The minimum Gasteiger partial charge on any atom is -0.478 e. The number of carbonyl (C=O) groups excluding carboxylic acids is 1. The van der Waals surface area contributed by atoms with E-state index in [0.29, 0.717) is 0 Å². The van der Waals surface area contributed by atoms with Gasteiger partial charge < -0.3 is 5.11 Å². The number of hydrogen-bond donors (Lipinski definition) is 2. The number of nitro groups is 1. The van der Waals surface area contributed by atoms with Gasteiger partial charge in [0.05, 0.1) is 16.2 Å². The smallest absolute Gasteiger partial charge is 0.333 e. The number of carboxylic acids is 1. The molecule has 1 amide bonds. The van der Waals surface area contributed by atoms with Crippen molar-refractivity contribution in [2.24, 2.45) is 11.0 Å². The van der Waals surface area contributed by atoms with Gasteiger partial charge in [-0.25, -0.2) is 10.2 Å². The Kier molecular flexibility index (Phi) is 2.04.